The minimum atomic E-state index is 0.0747. The van der Waals surface area contributed by atoms with Crippen LogP contribution in [0.1, 0.15) is 38.3 Å². The molecule has 1 fully saturated rings. The fourth-order valence-electron chi connectivity index (χ4n) is 2.88. The zero-order valence-electron chi connectivity index (χ0n) is 10.4. The van der Waals surface area contributed by atoms with Gasteiger partial charge in [0.2, 0.25) is 0 Å². The van der Waals surface area contributed by atoms with Crippen molar-refractivity contribution in [2.75, 3.05) is 13.7 Å². The lowest BCUT2D eigenvalue weighted by molar-refractivity contribution is 0.310. The second kappa shape index (κ2) is 4.45. The van der Waals surface area contributed by atoms with Crippen LogP contribution >= 0.6 is 0 Å². The third kappa shape index (κ3) is 1.71. The van der Waals surface area contributed by atoms with Gasteiger partial charge < -0.3 is 10.1 Å². The molecule has 1 N–H and O–H groups in total. The van der Waals surface area contributed by atoms with Gasteiger partial charge in [0.05, 0.1) is 18.8 Å². The van der Waals surface area contributed by atoms with E-state index in [9.17, 15) is 0 Å². The quantitative estimate of drug-likeness (QED) is 0.846. The van der Waals surface area contributed by atoms with Crippen molar-refractivity contribution in [3.8, 4) is 5.75 Å². The van der Waals surface area contributed by atoms with Crippen LogP contribution in [-0.4, -0.2) is 23.4 Å². The predicted octanol–water partition coefficient (Wildman–Crippen LogP) is 1.81. The molecule has 0 spiro atoms. The first kappa shape index (κ1) is 11.5. The van der Waals surface area contributed by atoms with Gasteiger partial charge in [0.1, 0.15) is 5.69 Å². The van der Waals surface area contributed by atoms with E-state index in [-0.39, 0.29) is 5.54 Å². The molecule has 16 heavy (non-hydrogen) atoms. The van der Waals surface area contributed by atoms with Gasteiger partial charge in [-0.2, -0.15) is 5.10 Å². The number of hydrogen-bond donors (Lipinski definition) is 1. The molecule has 0 amide bonds. The van der Waals surface area contributed by atoms with Crippen molar-refractivity contribution < 1.29 is 4.74 Å². The van der Waals surface area contributed by atoms with Gasteiger partial charge in [-0.05, 0) is 25.8 Å². The van der Waals surface area contributed by atoms with E-state index in [0.717, 1.165) is 18.7 Å². The van der Waals surface area contributed by atoms with E-state index in [1.54, 1.807) is 7.11 Å². The van der Waals surface area contributed by atoms with E-state index in [4.69, 9.17) is 4.74 Å². The van der Waals surface area contributed by atoms with Gasteiger partial charge in [0, 0.05) is 7.05 Å². The van der Waals surface area contributed by atoms with Crippen molar-refractivity contribution in [3.05, 3.63) is 11.9 Å². The highest BCUT2D eigenvalue weighted by atomic mass is 16.5. The van der Waals surface area contributed by atoms with Gasteiger partial charge in [0.25, 0.3) is 0 Å². The number of nitrogens with one attached hydrogen (secondary N) is 1. The number of nitrogens with zero attached hydrogens (tertiary/aromatic N) is 2. The first-order valence-electron chi connectivity index (χ1n) is 6.05. The number of rotatable bonds is 4. The lowest BCUT2D eigenvalue weighted by atomic mass is 9.88. The second-order valence-corrected chi connectivity index (χ2v) is 4.55. The van der Waals surface area contributed by atoms with Gasteiger partial charge in [-0.3, -0.25) is 4.68 Å². The van der Waals surface area contributed by atoms with E-state index >= 15 is 0 Å². The maximum Gasteiger partial charge on any atom is 0.161 e. The minimum absolute atomic E-state index is 0.0747. The number of aromatic nitrogens is 2. The minimum Gasteiger partial charge on any atom is -0.493 e. The fourth-order valence-corrected chi connectivity index (χ4v) is 2.88. The molecule has 0 saturated carbocycles. The van der Waals surface area contributed by atoms with Gasteiger partial charge in [-0.25, -0.2) is 0 Å². The van der Waals surface area contributed by atoms with Crippen LogP contribution in [0.4, 0.5) is 0 Å². The Hall–Kier alpha value is -1.03. The van der Waals surface area contributed by atoms with E-state index in [1.807, 2.05) is 17.9 Å². The molecule has 1 aliphatic heterocycles. The Balaban J connectivity index is 2.41. The summed E-state index contributed by atoms with van der Waals surface area (Å²) in [4.78, 5) is 0. The molecule has 4 nitrogen and oxygen atoms in total. The van der Waals surface area contributed by atoms with Gasteiger partial charge >= 0.3 is 0 Å². The predicted molar refractivity (Wildman–Crippen MR) is 63.6 cm³/mol. The molecule has 1 aliphatic rings. The third-order valence-electron chi connectivity index (χ3n) is 3.50. The van der Waals surface area contributed by atoms with Crippen molar-refractivity contribution in [1.29, 1.82) is 0 Å². The summed E-state index contributed by atoms with van der Waals surface area (Å²) >= 11 is 0. The topological polar surface area (TPSA) is 39.1 Å². The summed E-state index contributed by atoms with van der Waals surface area (Å²) in [6.45, 7) is 3.32. The molecule has 1 saturated heterocycles. The maximum absolute atomic E-state index is 5.43. The summed E-state index contributed by atoms with van der Waals surface area (Å²) in [6.07, 6.45) is 6.53. The molecule has 0 aliphatic carbocycles. The van der Waals surface area contributed by atoms with Crippen molar-refractivity contribution in [3.63, 3.8) is 0 Å². The van der Waals surface area contributed by atoms with E-state index in [1.165, 1.54) is 25.0 Å². The molecule has 0 bridgehead atoms. The van der Waals surface area contributed by atoms with Crippen LogP contribution in [0.15, 0.2) is 6.20 Å². The van der Waals surface area contributed by atoms with Gasteiger partial charge in [-0.1, -0.05) is 13.3 Å². The zero-order chi connectivity index (χ0) is 11.6. The average molecular weight is 223 g/mol. The summed E-state index contributed by atoms with van der Waals surface area (Å²) in [6, 6.07) is 0. The smallest absolute Gasteiger partial charge is 0.161 e. The molecule has 90 valence electrons. The van der Waals surface area contributed by atoms with Crippen LogP contribution in [-0.2, 0) is 12.6 Å². The molecule has 2 heterocycles. The number of methoxy groups -OCH3 is 1. The fraction of sp³-hybridized carbons (Fsp3) is 0.750. The summed E-state index contributed by atoms with van der Waals surface area (Å²) < 4.78 is 7.38. The molecule has 0 aromatic carbocycles. The average Bonchev–Trinajstić information content (AvgIpc) is 2.86. The Bertz CT molecular complexity index is 353. The molecule has 1 unspecified atom stereocenters. The molecular weight excluding hydrogens is 202 g/mol. The van der Waals surface area contributed by atoms with Crippen LogP contribution in [0.2, 0.25) is 0 Å². The standard InChI is InChI=1S/C12H21N3O/c1-4-6-12(7-5-8-13-12)11-10(16-3)9-14-15(11)2/h9,13H,4-8H2,1-3H3. The summed E-state index contributed by atoms with van der Waals surface area (Å²) in [5.74, 6) is 0.908. The van der Waals surface area contributed by atoms with E-state index in [2.05, 4.69) is 17.3 Å². The molecule has 2 rings (SSSR count). The van der Waals surface area contributed by atoms with Gasteiger partial charge in [0.15, 0.2) is 5.75 Å². The van der Waals surface area contributed by atoms with Crippen LogP contribution in [0.25, 0.3) is 0 Å². The number of hydrogen-bond acceptors (Lipinski definition) is 3. The first-order chi connectivity index (χ1) is 7.73. The SMILES string of the molecule is CCCC1(c2c(OC)cnn2C)CCCN1. The third-order valence-corrected chi connectivity index (χ3v) is 3.50. The van der Waals surface area contributed by atoms with E-state index < -0.39 is 0 Å². The summed E-state index contributed by atoms with van der Waals surface area (Å²) in [5.41, 5.74) is 1.28. The molecule has 4 heteroatoms. The Morgan fingerprint density at radius 3 is 3.00 bits per heavy atom. The first-order valence-corrected chi connectivity index (χ1v) is 6.05. The Labute approximate surface area is 97.0 Å². The Morgan fingerprint density at radius 2 is 2.44 bits per heavy atom. The van der Waals surface area contributed by atoms with Crippen LogP contribution in [0.3, 0.4) is 0 Å². The molecule has 1 aromatic rings. The molecule has 1 atom stereocenters. The monoisotopic (exact) mass is 223 g/mol. The van der Waals surface area contributed by atoms with Crippen LogP contribution < -0.4 is 10.1 Å². The van der Waals surface area contributed by atoms with Gasteiger partial charge in [-0.15, -0.1) is 0 Å². The van der Waals surface area contributed by atoms with E-state index in [0.29, 0.717) is 0 Å². The van der Waals surface area contributed by atoms with Crippen molar-refractivity contribution in [2.45, 2.75) is 38.1 Å². The van der Waals surface area contributed by atoms with Crippen LogP contribution in [0, 0.1) is 0 Å². The largest absolute Gasteiger partial charge is 0.493 e. The normalized spacial score (nSPS) is 24.9. The highest BCUT2D eigenvalue weighted by Crippen LogP contribution is 2.39. The molecular formula is C12H21N3O. The van der Waals surface area contributed by atoms with Crippen molar-refractivity contribution in [1.82, 2.24) is 15.1 Å². The highest BCUT2D eigenvalue weighted by Gasteiger charge is 2.39. The Morgan fingerprint density at radius 1 is 1.62 bits per heavy atom. The Kier molecular flexibility index (Phi) is 3.19. The summed E-state index contributed by atoms with van der Waals surface area (Å²) in [5, 5.41) is 7.96. The lowest BCUT2D eigenvalue weighted by Gasteiger charge is -2.30. The van der Waals surface area contributed by atoms with Crippen LogP contribution in [0.5, 0.6) is 5.75 Å². The second-order valence-electron chi connectivity index (χ2n) is 4.55. The lowest BCUT2D eigenvalue weighted by Crippen LogP contribution is -2.38. The summed E-state index contributed by atoms with van der Waals surface area (Å²) in [7, 11) is 3.71. The number of ether oxygens (including phenoxy) is 1. The zero-order valence-corrected chi connectivity index (χ0v) is 10.4. The number of aryl methyl sites for hydroxylation is 1. The van der Waals surface area contributed by atoms with Crippen molar-refractivity contribution in [2.24, 2.45) is 7.05 Å². The van der Waals surface area contributed by atoms with Crippen molar-refractivity contribution >= 4 is 0 Å². The molecule has 1 aromatic heterocycles. The molecule has 0 radical (unpaired) electrons. The highest BCUT2D eigenvalue weighted by molar-refractivity contribution is 5.33. The maximum atomic E-state index is 5.43.